The maximum absolute atomic E-state index is 11.9. The quantitative estimate of drug-likeness (QED) is 0.664. The van der Waals surface area contributed by atoms with E-state index in [0.717, 1.165) is 12.3 Å². The van der Waals surface area contributed by atoms with Crippen LogP contribution in [0.1, 0.15) is 12.8 Å². The summed E-state index contributed by atoms with van der Waals surface area (Å²) in [7, 11) is -3.94. The SMILES string of the molecule is O=S(=O)(NCCCC(F)(F)F)c1cnc(Cl)c(Cl)c1. The molecule has 0 atom stereocenters. The lowest BCUT2D eigenvalue weighted by atomic mass is 10.3. The Morgan fingerprint density at radius 2 is 1.95 bits per heavy atom. The third-order valence-corrected chi connectivity index (χ3v) is 4.12. The van der Waals surface area contributed by atoms with Gasteiger partial charge in [0.25, 0.3) is 0 Å². The van der Waals surface area contributed by atoms with Gasteiger partial charge in [-0.1, -0.05) is 23.2 Å². The van der Waals surface area contributed by atoms with Crippen LogP contribution in [0.5, 0.6) is 0 Å². The number of hydrogen-bond acceptors (Lipinski definition) is 3. The van der Waals surface area contributed by atoms with Gasteiger partial charge in [-0.25, -0.2) is 18.1 Å². The summed E-state index contributed by atoms with van der Waals surface area (Å²) in [6.45, 7) is -0.331. The van der Waals surface area contributed by atoms with E-state index in [4.69, 9.17) is 23.2 Å². The fourth-order valence-corrected chi connectivity index (χ4v) is 2.51. The van der Waals surface area contributed by atoms with Gasteiger partial charge >= 0.3 is 6.18 Å². The minimum absolute atomic E-state index is 0.0557. The molecule has 1 aromatic rings. The molecule has 0 amide bonds. The number of aromatic nitrogens is 1. The Hall–Kier alpha value is -0.570. The van der Waals surface area contributed by atoms with E-state index in [2.05, 4.69) is 4.98 Å². The van der Waals surface area contributed by atoms with E-state index in [1.807, 2.05) is 4.72 Å². The molecule has 0 fully saturated rings. The Bertz CT molecular complexity index is 549. The lowest BCUT2D eigenvalue weighted by molar-refractivity contribution is -0.135. The van der Waals surface area contributed by atoms with Gasteiger partial charge in [0.05, 0.1) is 5.02 Å². The summed E-state index contributed by atoms with van der Waals surface area (Å²) in [6, 6.07) is 1.07. The zero-order valence-corrected chi connectivity index (χ0v) is 11.7. The van der Waals surface area contributed by atoms with Crippen LogP contribution in [-0.4, -0.2) is 26.1 Å². The lowest BCUT2D eigenvalue weighted by Crippen LogP contribution is -2.26. The highest BCUT2D eigenvalue weighted by molar-refractivity contribution is 7.89. The molecular weight excluding hydrogens is 328 g/mol. The summed E-state index contributed by atoms with van der Waals surface area (Å²) < 4.78 is 61.0. The van der Waals surface area contributed by atoms with Crippen molar-refractivity contribution >= 4 is 33.2 Å². The predicted molar refractivity (Wildman–Crippen MR) is 64.7 cm³/mol. The summed E-state index contributed by atoms with van der Waals surface area (Å²) in [5, 5.41) is -0.113. The molecule has 4 nitrogen and oxygen atoms in total. The fourth-order valence-electron chi connectivity index (χ4n) is 1.13. The van der Waals surface area contributed by atoms with Gasteiger partial charge in [0.15, 0.2) is 0 Å². The van der Waals surface area contributed by atoms with Crippen LogP contribution in [-0.2, 0) is 10.0 Å². The second-order valence-electron chi connectivity index (χ2n) is 3.56. The number of halogens is 5. The van der Waals surface area contributed by atoms with Crippen LogP contribution in [0.2, 0.25) is 10.2 Å². The number of sulfonamides is 1. The third kappa shape index (κ3) is 5.52. The van der Waals surface area contributed by atoms with Gasteiger partial charge in [-0.15, -0.1) is 0 Å². The Balaban J connectivity index is 2.63. The van der Waals surface area contributed by atoms with E-state index in [0.29, 0.717) is 0 Å². The molecule has 1 aromatic heterocycles. The second-order valence-corrected chi connectivity index (χ2v) is 6.09. The van der Waals surface area contributed by atoms with Crippen LogP contribution in [0.15, 0.2) is 17.2 Å². The van der Waals surface area contributed by atoms with Crippen molar-refractivity contribution in [3.8, 4) is 0 Å². The van der Waals surface area contributed by atoms with Crippen LogP contribution in [0, 0.1) is 0 Å². The minimum atomic E-state index is -4.31. The van der Waals surface area contributed by atoms with Gasteiger partial charge < -0.3 is 0 Å². The van der Waals surface area contributed by atoms with E-state index in [9.17, 15) is 21.6 Å². The van der Waals surface area contributed by atoms with Gasteiger partial charge in [-0.2, -0.15) is 13.2 Å². The van der Waals surface area contributed by atoms with Crippen LogP contribution in [0.3, 0.4) is 0 Å². The normalized spacial score (nSPS) is 12.7. The summed E-state index contributed by atoms with van der Waals surface area (Å²) in [4.78, 5) is 3.29. The summed E-state index contributed by atoms with van der Waals surface area (Å²) in [5.74, 6) is 0. The first-order valence-corrected chi connectivity index (χ1v) is 7.23. The lowest BCUT2D eigenvalue weighted by Gasteiger charge is -2.08. The second kappa shape index (κ2) is 6.25. The smallest absolute Gasteiger partial charge is 0.242 e. The molecule has 1 N–H and O–H groups in total. The maximum atomic E-state index is 11.9. The molecule has 0 saturated heterocycles. The van der Waals surface area contributed by atoms with Crippen molar-refractivity contribution < 1.29 is 21.6 Å². The number of alkyl halides is 3. The van der Waals surface area contributed by atoms with Crippen molar-refractivity contribution in [3.05, 3.63) is 22.4 Å². The molecule has 0 aliphatic heterocycles. The summed E-state index contributed by atoms with van der Waals surface area (Å²) in [6.07, 6.45) is -4.75. The average molecular weight is 337 g/mol. The highest BCUT2D eigenvalue weighted by Gasteiger charge is 2.26. The van der Waals surface area contributed by atoms with E-state index >= 15 is 0 Å². The summed E-state index contributed by atoms with van der Waals surface area (Å²) in [5.41, 5.74) is 0. The van der Waals surface area contributed by atoms with Crippen molar-refractivity contribution in [2.45, 2.75) is 23.9 Å². The maximum Gasteiger partial charge on any atom is 0.389 e. The molecule has 0 bridgehead atoms. The highest BCUT2D eigenvalue weighted by Crippen LogP contribution is 2.23. The van der Waals surface area contributed by atoms with Crippen molar-refractivity contribution in [2.24, 2.45) is 0 Å². The largest absolute Gasteiger partial charge is 0.389 e. The monoisotopic (exact) mass is 336 g/mol. The fraction of sp³-hybridized carbons (Fsp3) is 0.444. The minimum Gasteiger partial charge on any atom is -0.242 e. The molecular formula is C9H9Cl2F3N2O2S. The standard InChI is InChI=1S/C9H9Cl2F3N2O2S/c10-7-4-6(5-15-8(7)11)19(17,18)16-3-1-2-9(12,13)14/h4-5,16H,1-3H2. The first-order chi connectivity index (χ1) is 8.62. The first kappa shape index (κ1) is 16.5. The van der Waals surface area contributed by atoms with Crippen LogP contribution in [0.25, 0.3) is 0 Å². The number of rotatable bonds is 5. The number of pyridine rings is 1. The number of hydrogen-bond donors (Lipinski definition) is 1. The molecule has 0 spiro atoms. The topological polar surface area (TPSA) is 59.1 Å². The Morgan fingerprint density at radius 3 is 2.47 bits per heavy atom. The van der Waals surface area contributed by atoms with Crippen molar-refractivity contribution in [3.63, 3.8) is 0 Å². The van der Waals surface area contributed by atoms with Crippen molar-refractivity contribution in [1.82, 2.24) is 9.71 Å². The molecule has 10 heteroatoms. The molecule has 0 aromatic carbocycles. The Kier molecular flexibility index (Phi) is 5.43. The zero-order valence-electron chi connectivity index (χ0n) is 9.34. The molecule has 0 aliphatic carbocycles. The molecule has 19 heavy (non-hydrogen) atoms. The van der Waals surface area contributed by atoms with Gasteiger partial charge in [-0.05, 0) is 12.5 Å². The number of nitrogens with one attached hydrogen (secondary N) is 1. The average Bonchev–Trinajstić information content (AvgIpc) is 2.27. The molecule has 0 radical (unpaired) electrons. The molecule has 0 aliphatic rings. The zero-order chi connectivity index (χ0) is 14.7. The van der Waals surface area contributed by atoms with Gasteiger partial charge in [0.1, 0.15) is 10.0 Å². The van der Waals surface area contributed by atoms with Crippen molar-refractivity contribution in [2.75, 3.05) is 6.54 Å². The molecule has 1 heterocycles. The first-order valence-electron chi connectivity index (χ1n) is 4.99. The number of nitrogens with zero attached hydrogens (tertiary/aromatic N) is 1. The van der Waals surface area contributed by atoms with Crippen LogP contribution < -0.4 is 4.72 Å². The predicted octanol–water partition coefficient (Wildman–Crippen LogP) is 3.01. The van der Waals surface area contributed by atoms with Gasteiger partial charge in [0, 0.05) is 19.2 Å². The molecule has 1 rings (SSSR count). The Labute approximate surface area is 118 Å². The van der Waals surface area contributed by atoms with Gasteiger partial charge in [0.2, 0.25) is 10.0 Å². The highest BCUT2D eigenvalue weighted by atomic mass is 35.5. The van der Waals surface area contributed by atoms with E-state index in [-0.39, 0.29) is 28.0 Å². The molecule has 0 saturated carbocycles. The van der Waals surface area contributed by atoms with E-state index in [1.165, 1.54) is 0 Å². The van der Waals surface area contributed by atoms with Crippen LogP contribution >= 0.6 is 23.2 Å². The van der Waals surface area contributed by atoms with Gasteiger partial charge in [-0.3, -0.25) is 0 Å². The van der Waals surface area contributed by atoms with E-state index in [1.54, 1.807) is 0 Å². The van der Waals surface area contributed by atoms with Crippen LogP contribution in [0.4, 0.5) is 13.2 Å². The molecule has 108 valence electrons. The molecule has 0 unspecified atom stereocenters. The Morgan fingerprint density at radius 1 is 1.32 bits per heavy atom. The van der Waals surface area contributed by atoms with Crippen molar-refractivity contribution in [1.29, 1.82) is 0 Å². The third-order valence-electron chi connectivity index (χ3n) is 2.01. The van der Waals surface area contributed by atoms with E-state index < -0.39 is 22.6 Å². The summed E-state index contributed by atoms with van der Waals surface area (Å²) >= 11 is 11.1.